The number of rotatable bonds is 11. The molecule has 2 N–H and O–H groups in total. The minimum absolute atomic E-state index is 0.364. The van der Waals surface area contributed by atoms with Gasteiger partial charge in [0.15, 0.2) is 0 Å². The number of nitrogens with zero attached hydrogens (tertiary/aromatic N) is 1. The number of hydrogen-bond donors (Lipinski definition) is 1. The van der Waals surface area contributed by atoms with E-state index in [-0.39, 0.29) is 0 Å². The van der Waals surface area contributed by atoms with Crippen LogP contribution >= 0.6 is 0 Å². The number of aldehydes is 1. The largest absolute Gasteiger partial charge is 0.385 e. The van der Waals surface area contributed by atoms with Crippen molar-refractivity contribution in [3.05, 3.63) is 76.9 Å². The summed E-state index contributed by atoms with van der Waals surface area (Å²) in [6.45, 7) is 1.40. The summed E-state index contributed by atoms with van der Waals surface area (Å²) in [7, 11) is 5.69. The van der Waals surface area contributed by atoms with Crippen LogP contribution in [0.4, 0.5) is 0 Å². The Balaban J connectivity index is 2.41. The molecule has 2 aromatic carbocycles. The third-order valence-corrected chi connectivity index (χ3v) is 4.89. The van der Waals surface area contributed by atoms with Gasteiger partial charge in [-0.1, -0.05) is 54.6 Å². The molecule has 29 heavy (non-hydrogen) atoms. The van der Waals surface area contributed by atoms with Gasteiger partial charge in [0.25, 0.3) is 0 Å². The minimum atomic E-state index is -0.952. The fourth-order valence-electron chi connectivity index (χ4n) is 3.43. The number of methoxy groups -OCH3 is 1. The summed E-state index contributed by atoms with van der Waals surface area (Å²) in [6, 6.07) is 15.2. The molecule has 5 heteroatoms. The lowest BCUT2D eigenvalue weighted by atomic mass is 9.75. The highest BCUT2D eigenvalue weighted by Gasteiger charge is 2.32. The molecule has 0 saturated carbocycles. The molecule has 2 aromatic rings. The van der Waals surface area contributed by atoms with Gasteiger partial charge in [0.1, 0.15) is 6.29 Å². The molecule has 5 nitrogen and oxygen atoms in total. The Morgan fingerprint density at radius 2 is 1.83 bits per heavy atom. The Kier molecular flexibility index (Phi) is 8.31. The van der Waals surface area contributed by atoms with Crippen molar-refractivity contribution in [1.82, 2.24) is 4.90 Å². The highest BCUT2D eigenvalue weighted by Crippen LogP contribution is 2.32. The standard InChI is InChI=1S/C24H30N2O3/c1-26(2)17-20-11-9-19(10-12-20)13-15-24(18-27,14-6-16-29-3)22-8-5-4-7-21(22)23(25)28/h4-5,7-13,15,18H,6,14,16-17H2,1-3H3,(H2,25,28)/b15-13+. The monoisotopic (exact) mass is 394 g/mol. The summed E-state index contributed by atoms with van der Waals surface area (Å²) in [5, 5.41) is 0. The summed E-state index contributed by atoms with van der Waals surface area (Å²) in [4.78, 5) is 26.4. The number of benzene rings is 2. The first kappa shape index (κ1) is 22.5. The quantitative estimate of drug-likeness (QED) is 0.468. The van der Waals surface area contributed by atoms with Crippen LogP contribution in [0, 0.1) is 0 Å². The second-order valence-electron chi connectivity index (χ2n) is 7.48. The zero-order valence-corrected chi connectivity index (χ0v) is 17.4. The molecule has 0 heterocycles. The third-order valence-electron chi connectivity index (χ3n) is 4.89. The summed E-state index contributed by atoms with van der Waals surface area (Å²) in [5.41, 5.74) is 7.82. The van der Waals surface area contributed by atoms with Gasteiger partial charge in [0.2, 0.25) is 5.91 Å². The molecule has 0 bridgehead atoms. The van der Waals surface area contributed by atoms with Gasteiger partial charge in [-0.25, -0.2) is 0 Å². The molecular formula is C24H30N2O3. The lowest BCUT2D eigenvalue weighted by Crippen LogP contribution is -2.30. The van der Waals surface area contributed by atoms with E-state index < -0.39 is 11.3 Å². The predicted molar refractivity (Wildman–Crippen MR) is 117 cm³/mol. The zero-order chi connectivity index (χ0) is 21.3. The first-order chi connectivity index (χ1) is 13.9. The van der Waals surface area contributed by atoms with Crippen LogP contribution in [0.15, 0.2) is 54.6 Å². The van der Waals surface area contributed by atoms with E-state index in [1.165, 1.54) is 5.56 Å². The Hall–Kier alpha value is -2.76. The van der Waals surface area contributed by atoms with Crippen molar-refractivity contribution >= 4 is 18.3 Å². The molecule has 0 aromatic heterocycles. The van der Waals surface area contributed by atoms with E-state index in [1.54, 1.807) is 25.3 Å². The molecule has 2 rings (SSSR count). The molecule has 0 aliphatic carbocycles. The van der Waals surface area contributed by atoms with E-state index in [1.807, 2.05) is 44.4 Å². The molecule has 0 saturated heterocycles. The van der Waals surface area contributed by atoms with Crippen LogP contribution in [-0.4, -0.2) is 44.9 Å². The lowest BCUT2D eigenvalue weighted by molar-refractivity contribution is -0.111. The van der Waals surface area contributed by atoms with E-state index in [0.717, 1.165) is 18.4 Å². The minimum Gasteiger partial charge on any atom is -0.385 e. The SMILES string of the molecule is COCCCC(C=O)(/C=C/c1ccc(CN(C)C)cc1)c1ccccc1C(N)=O. The molecule has 0 fully saturated rings. The van der Waals surface area contributed by atoms with Crippen molar-refractivity contribution in [3.8, 4) is 0 Å². The maximum absolute atomic E-state index is 12.3. The van der Waals surface area contributed by atoms with E-state index in [4.69, 9.17) is 10.5 Å². The topological polar surface area (TPSA) is 72.6 Å². The maximum Gasteiger partial charge on any atom is 0.249 e. The van der Waals surface area contributed by atoms with Crippen LogP contribution in [0.5, 0.6) is 0 Å². The third kappa shape index (κ3) is 6.11. The van der Waals surface area contributed by atoms with Gasteiger partial charge in [0.05, 0.1) is 5.41 Å². The van der Waals surface area contributed by atoms with Gasteiger partial charge in [-0.15, -0.1) is 0 Å². The first-order valence-electron chi connectivity index (χ1n) is 9.69. The molecule has 0 spiro atoms. The number of amides is 1. The molecule has 0 radical (unpaired) electrons. The number of ether oxygens (including phenoxy) is 1. The van der Waals surface area contributed by atoms with Crippen LogP contribution < -0.4 is 5.73 Å². The smallest absolute Gasteiger partial charge is 0.249 e. The van der Waals surface area contributed by atoms with Gasteiger partial charge in [-0.05, 0) is 49.7 Å². The zero-order valence-electron chi connectivity index (χ0n) is 17.4. The van der Waals surface area contributed by atoms with Crippen LogP contribution in [0.3, 0.4) is 0 Å². The van der Waals surface area contributed by atoms with E-state index >= 15 is 0 Å². The highest BCUT2D eigenvalue weighted by atomic mass is 16.5. The molecule has 0 aliphatic heterocycles. The van der Waals surface area contributed by atoms with Gasteiger partial charge >= 0.3 is 0 Å². The Morgan fingerprint density at radius 1 is 1.14 bits per heavy atom. The fourth-order valence-corrected chi connectivity index (χ4v) is 3.43. The molecule has 1 unspecified atom stereocenters. The Bertz CT molecular complexity index is 843. The summed E-state index contributed by atoms with van der Waals surface area (Å²) in [5.74, 6) is -0.542. The number of primary amides is 1. The first-order valence-corrected chi connectivity index (χ1v) is 9.69. The Labute approximate surface area is 173 Å². The number of carbonyl (C=O) groups is 2. The number of allylic oxidation sites excluding steroid dienone is 1. The predicted octanol–water partition coefficient (Wildman–Crippen LogP) is 3.42. The van der Waals surface area contributed by atoms with Gasteiger partial charge in [-0.3, -0.25) is 4.79 Å². The molecular weight excluding hydrogens is 364 g/mol. The van der Waals surface area contributed by atoms with Gasteiger partial charge in [-0.2, -0.15) is 0 Å². The molecule has 1 amide bonds. The van der Waals surface area contributed by atoms with Crippen molar-refractivity contribution in [2.45, 2.75) is 24.8 Å². The highest BCUT2D eigenvalue weighted by molar-refractivity contribution is 5.96. The normalized spacial score (nSPS) is 13.5. The average molecular weight is 395 g/mol. The van der Waals surface area contributed by atoms with Crippen LogP contribution in [-0.2, 0) is 21.5 Å². The summed E-state index contributed by atoms with van der Waals surface area (Å²) in [6.07, 6.45) is 5.90. The van der Waals surface area contributed by atoms with Crippen LogP contribution in [0.2, 0.25) is 0 Å². The van der Waals surface area contributed by atoms with E-state index in [2.05, 4.69) is 17.0 Å². The molecule has 1 atom stereocenters. The van der Waals surface area contributed by atoms with Gasteiger partial charge in [0, 0.05) is 25.8 Å². The number of carbonyl (C=O) groups excluding carboxylic acids is 2. The number of nitrogens with two attached hydrogens (primary N) is 1. The second-order valence-corrected chi connectivity index (χ2v) is 7.48. The fraction of sp³-hybridized carbons (Fsp3) is 0.333. The van der Waals surface area contributed by atoms with Crippen molar-refractivity contribution in [3.63, 3.8) is 0 Å². The lowest BCUT2D eigenvalue weighted by Gasteiger charge is -2.27. The second kappa shape index (κ2) is 10.7. The summed E-state index contributed by atoms with van der Waals surface area (Å²) < 4.78 is 5.17. The van der Waals surface area contributed by atoms with E-state index in [0.29, 0.717) is 30.6 Å². The molecule has 0 aliphatic rings. The van der Waals surface area contributed by atoms with Crippen molar-refractivity contribution in [2.75, 3.05) is 27.8 Å². The average Bonchev–Trinajstić information content (AvgIpc) is 2.71. The van der Waals surface area contributed by atoms with Crippen molar-refractivity contribution < 1.29 is 14.3 Å². The number of hydrogen-bond acceptors (Lipinski definition) is 4. The Morgan fingerprint density at radius 3 is 2.41 bits per heavy atom. The van der Waals surface area contributed by atoms with Crippen LogP contribution in [0.25, 0.3) is 6.08 Å². The van der Waals surface area contributed by atoms with Gasteiger partial charge < -0.3 is 20.2 Å². The van der Waals surface area contributed by atoms with Crippen LogP contribution in [0.1, 0.15) is 39.9 Å². The van der Waals surface area contributed by atoms with E-state index in [9.17, 15) is 9.59 Å². The maximum atomic E-state index is 12.3. The summed E-state index contributed by atoms with van der Waals surface area (Å²) >= 11 is 0. The van der Waals surface area contributed by atoms with Crippen molar-refractivity contribution in [2.24, 2.45) is 5.73 Å². The molecule has 154 valence electrons. The van der Waals surface area contributed by atoms with Crippen molar-refractivity contribution in [1.29, 1.82) is 0 Å².